The number of carbonyl (C=O) groups is 2. The lowest BCUT2D eigenvalue weighted by atomic mass is 10.1. The molecule has 88 valence electrons. The van der Waals surface area contributed by atoms with Crippen LogP contribution in [0.2, 0.25) is 0 Å². The molecule has 1 aromatic rings. The molecule has 0 radical (unpaired) electrons. The fourth-order valence-electron chi connectivity index (χ4n) is 1.45. The summed E-state index contributed by atoms with van der Waals surface area (Å²) in [5, 5.41) is 11.3. The highest BCUT2D eigenvalue weighted by Gasteiger charge is 2.17. The first-order chi connectivity index (χ1) is 7.63. The first-order valence-electron chi connectivity index (χ1n) is 5.19. The summed E-state index contributed by atoms with van der Waals surface area (Å²) in [6, 6.07) is 2.81. The third-order valence-corrected chi connectivity index (χ3v) is 2.14. The highest BCUT2D eigenvalue weighted by Crippen LogP contribution is 2.05. The van der Waals surface area contributed by atoms with Crippen molar-refractivity contribution >= 4 is 11.9 Å². The van der Waals surface area contributed by atoms with Crippen molar-refractivity contribution in [1.29, 1.82) is 0 Å². The van der Waals surface area contributed by atoms with Crippen LogP contribution in [0.3, 0.4) is 0 Å². The predicted molar refractivity (Wildman–Crippen MR) is 57.1 cm³/mol. The zero-order valence-electron chi connectivity index (χ0n) is 9.10. The van der Waals surface area contributed by atoms with Gasteiger partial charge in [-0.3, -0.25) is 9.59 Å². The lowest BCUT2D eigenvalue weighted by Crippen LogP contribution is -2.36. The third-order valence-electron chi connectivity index (χ3n) is 2.14. The number of amides is 1. The van der Waals surface area contributed by atoms with E-state index in [-0.39, 0.29) is 24.1 Å². The molecule has 0 spiro atoms. The summed E-state index contributed by atoms with van der Waals surface area (Å²) < 4.78 is 4.92. The number of furan rings is 1. The van der Waals surface area contributed by atoms with Gasteiger partial charge in [0.2, 0.25) is 0 Å². The van der Waals surface area contributed by atoms with Gasteiger partial charge in [-0.15, -0.1) is 0 Å². The van der Waals surface area contributed by atoms with E-state index in [4.69, 9.17) is 9.52 Å². The largest absolute Gasteiger partial charge is 0.481 e. The van der Waals surface area contributed by atoms with Crippen molar-refractivity contribution in [2.75, 3.05) is 0 Å². The van der Waals surface area contributed by atoms with E-state index in [1.54, 1.807) is 12.1 Å². The topological polar surface area (TPSA) is 79.5 Å². The molecule has 0 saturated carbocycles. The summed E-state index contributed by atoms with van der Waals surface area (Å²) in [6.45, 7) is 1.94. The van der Waals surface area contributed by atoms with Crippen molar-refractivity contribution in [2.45, 2.75) is 32.2 Å². The second-order valence-corrected chi connectivity index (χ2v) is 3.53. The quantitative estimate of drug-likeness (QED) is 0.771. The van der Waals surface area contributed by atoms with Gasteiger partial charge in [0.25, 0.3) is 5.91 Å². The van der Waals surface area contributed by atoms with Gasteiger partial charge in [-0.25, -0.2) is 0 Å². The highest BCUT2D eigenvalue weighted by atomic mass is 16.4. The fourth-order valence-corrected chi connectivity index (χ4v) is 1.45. The van der Waals surface area contributed by atoms with Gasteiger partial charge < -0.3 is 14.8 Å². The number of carbonyl (C=O) groups excluding carboxylic acids is 1. The molecule has 1 aromatic heterocycles. The fraction of sp³-hybridized carbons (Fsp3) is 0.455. The SMILES string of the molecule is CCC[C@H](CC(=O)O)NC(=O)c1ccco1. The minimum Gasteiger partial charge on any atom is -0.481 e. The molecular weight excluding hydrogens is 210 g/mol. The number of rotatable bonds is 6. The molecule has 1 rings (SSSR count). The molecule has 1 atom stereocenters. The molecule has 1 amide bonds. The third kappa shape index (κ3) is 3.76. The van der Waals surface area contributed by atoms with Gasteiger partial charge in [0.05, 0.1) is 12.7 Å². The van der Waals surface area contributed by atoms with Crippen molar-refractivity contribution in [2.24, 2.45) is 0 Å². The second-order valence-electron chi connectivity index (χ2n) is 3.53. The summed E-state index contributed by atoms with van der Waals surface area (Å²) in [7, 11) is 0. The average molecular weight is 225 g/mol. The molecule has 0 unspecified atom stereocenters. The molecular formula is C11H15NO4. The molecule has 0 aliphatic carbocycles. The van der Waals surface area contributed by atoms with E-state index in [1.165, 1.54) is 6.26 Å². The Morgan fingerprint density at radius 2 is 2.31 bits per heavy atom. The lowest BCUT2D eigenvalue weighted by molar-refractivity contribution is -0.137. The molecule has 16 heavy (non-hydrogen) atoms. The number of carboxylic acids is 1. The van der Waals surface area contributed by atoms with E-state index < -0.39 is 5.97 Å². The van der Waals surface area contributed by atoms with Crippen LogP contribution in [0.15, 0.2) is 22.8 Å². The molecule has 0 aromatic carbocycles. The van der Waals surface area contributed by atoms with Crippen LogP contribution in [-0.2, 0) is 4.79 Å². The van der Waals surface area contributed by atoms with E-state index in [0.717, 1.165) is 6.42 Å². The average Bonchev–Trinajstić information content (AvgIpc) is 2.69. The van der Waals surface area contributed by atoms with Crippen molar-refractivity contribution in [3.63, 3.8) is 0 Å². The van der Waals surface area contributed by atoms with E-state index in [2.05, 4.69) is 5.32 Å². The molecule has 0 saturated heterocycles. The first-order valence-corrected chi connectivity index (χ1v) is 5.19. The van der Waals surface area contributed by atoms with E-state index >= 15 is 0 Å². The maximum atomic E-state index is 11.6. The van der Waals surface area contributed by atoms with E-state index in [1.807, 2.05) is 6.92 Å². The summed E-state index contributed by atoms with van der Waals surface area (Å²) in [5.74, 6) is -1.09. The van der Waals surface area contributed by atoms with Crippen molar-refractivity contribution < 1.29 is 19.1 Å². The van der Waals surface area contributed by atoms with Crippen LogP contribution in [0.5, 0.6) is 0 Å². The minimum absolute atomic E-state index is 0.0692. The van der Waals surface area contributed by atoms with Gasteiger partial charge in [-0.05, 0) is 18.6 Å². The molecule has 0 bridgehead atoms. The molecule has 0 fully saturated rings. The zero-order valence-corrected chi connectivity index (χ0v) is 9.10. The van der Waals surface area contributed by atoms with Gasteiger partial charge in [-0.2, -0.15) is 0 Å². The number of aliphatic carboxylic acids is 1. The smallest absolute Gasteiger partial charge is 0.305 e. The number of hydrogen-bond donors (Lipinski definition) is 2. The van der Waals surface area contributed by atoms with Gasteiger partial charge in [0.15, 0.2) is 5.76 Å². The number of carboxylic acid groups (broad SMARTS) is 1. The Kier molecular flexibility index (Phi) is 4.57. The van der Waals surface area contributed by atoms with E-state index in [0.29, 0.717) is 6.42 Å². The highest BCUT2D eigenvalue weighted by molar-refractivity contribution is 5.91. The van der Waals surface area contributed by atoms with Crippen LogP contribution < -0.4 is 5.32 Å². The molecule has 2 N–H and O–H groups in total. The molecule has 0 aliphatic rings. The summed E-state index contributed by atoms with van der Waals surface area (Å²) in [6.07, 6.45) is 2.79. The Morgan fingerprint density at radius 3 is 2.81 bits per heavy atom. The Balaban J connectivity index is 2.54. The minimum atomic E-state index is -0.918. The summed E-state index contributed by atoms with van der Waals surface area (Å²) in [5.41, 5.74) is 0. The van der Waals surface area contributed by atoms with Crippen LogP contribution in [0.1, 0.15) is 36.7 Å². The van der Waals surface area contributed by atoms with Gasteiger partial charge in [0, 0.05) is 6.04 Å². The van der Waals surface area contributed by atoms with E-state index in [9.17, 15) is 9.59 Å². The maximum absolute atomic E-state index is 11.6. The normalized spacial score (nSPS) is 12.1. The van der Waals surface area contributed by atoms with Crippen LogP contribution >= 0.6 is 0 Å². The summed E-state index contributed by atoms with van der Waals surface area (Å²) in [4.78, 5) is 22.2. The second kappa shape index (κ2) is 5.95. The van der Waals surface area contributed by atoms with Crippen LogP contribution in [0.4, 0.5) is 0 Å². The lowest BCUT2D eigenvalue weighted by Gasteiger charge is -2.14. The van der Waals surface area contributed by atoms with Crippen LogP contribution in [0, 0.1) is 0 Å². The Labute approximate surface area is 93.4 Å². The molecule has 1 heterocycles. The van der Waals surface area contributed by atoms with Crippen LogP contribution in [-0.4, -0.2) is 23.0 Å². The number of nitrogens with one attached hydrogen (secondary N) is 1. The molecule has 5 nitrogen and oxygen atoms in total. The monoisotopic (exact) mass is 225 g/mol. The van der Waals surface area contributed by atoms with Crippen molar-refractivity contribution in [3.8, 4) is 0 Å². The predicted octanol–water partition coefficient (Wildman–Crippen LogP) is 1.65. The van der Waals surface area contributed by atoms with Crippen molar-refractivity contribution in [1.82, 2.24) is 5.32 Å². The van der Waals surface area contributed by atoms with Gasteiger partial charge >= 0.3 is 5.97 Å². The number of hydrogen-bond acceptors (Lipinski definition) is 3. The Bertz CT molecular complexity index is 345. The van der Waals surface area contributed by atoms with Gasteiger partial charge in [-0.1, -0.05) is 13.3 Å². The molecule has 5 heteroatoms. The zero-order chi connectivity index (χ0) is 12.0. The molecule has 0 aliphatic heterocycles. The standard InChI is InChI=1S/C11H15NO4/c1-2-4-8(7-10(13)14)12-11(15)9-5-3-6-16-9/h3,5-6,8H,2,4,7H2,1H3,(H,12,15)(H,13,14)/t8-/m1/s1. The van der Waals surface area contributed by atoms with Gasteiger partial charge in [0.1, 0.15) is 0 Å². The maximum Gasteiger partial charge on any atom is 0.305 e. The Morgan fingerprint density at radius 1 is 1.56 bits per heavy atom. The Hall–Kier alpha value is -1.78. The van der Waals surface area contributed by atoms with Crippen molar-refractivity contribution in [3.05, 3.63) is 24.2 Å². The van der Waals surface area contributed by atoms with Crippen LogP contribution in [0.25, 0.3) is 0 Å². The summed E-state index contributed by atoms with van der Waals surface area (Å²) >= 11 is 0. The first kappa shape index (κ1) is 12.3.